The maximum atomic E-state index is 13.1. The van der Waals surface area contributed by atoms with E-state index in [1.54, 1.807) is 38.5 Å². The predicted octanol–water partition coefficient (Wildman–Crippen LogP) is 4.66. The number of carbonyl (C=O) groups excluding carboxylic acids is 1. The minimum absolute atomic E-state index is 0.0454. The first-order chi connectivity index (χ1) is 16.5. The SMILES string of the molecule is COc1ccc(CCNC[C@H]2[C@@H](Oc3ccc(Cl)cc3)C(=O)N2c2ccccc2C)cc1OC. The van der Waals surface area contributed by atoms with Crippen LogP contribution in [0.3, 0.4) is 0 Å². The first-order valence-corrected chi connectivity index (χ1v) is 11.6. The summed E-state index contributed by atoms with van der Waals surface area (Å²) in [7, 11) is 3.26. The maximum Gasteiger partial charge on any atom is 0.270 e. The molecule has 1 fully saturated rings. The number of anilines is 1. The maximum absolute atomic E-state index is 13.1. The van der Waals surface area contributed by atoms with Gasteiger partial charge in [-0.05, 0) is 73.5 Å². The number of methoxy groups -OCH3 is 2. The van der Waals surface area contributed by atoms with Crippen molar-refractivity contribution >= 4 is 23.2 Å². The fourth-order valence-corrected chi connectivity index (χ4v) is 4.28. The quantitative estimate of drug-likeness (QED) is 0.338. The Morgan fingerprint density at radius 3 is 2.41 bits per heavy atom. The van der Waals surface area contributed by atoms with Gasteiger partial charge in [0.25, 0.3) is 5.91 Å². The highest BCUT2D eigenvalue weighted by atomic mass is 35.5. The fraction of sp³-hybridized carbons (Fsp3) is 0.296. The van der Waals surface area contributed by atoms with E-state index in [-0.39, 0.29) is 11.9 Å². The lowest BCUT2D eigenvalue weighted by Gasteiger charge is -2.47. The molecule has 0 saturated carbocycles. The largest absolute Gasteiger partial charge is 0.493 e. The summed E-state index contributed by atoms with van der Waals surface area (Å²) < 4.78 is 16.8. The third kappa shape index (κ3) is 5.13. The van der Waals surface area contributed by atoms with Gasteiger partial charge in [0.15, 0.2) is 17.6 Å². The molecule has 0 unspecified atom stereocenters. The van der Waals surface area contributed by atoms with Crippen LogP contribution in [-0.2, 0) is 11.2 Å². The van der Waals surface area contributed by atoms with E-state index in [9.17, 15) is 4.79 Å². The van der Waals surface area contributed by atoms with Gasteiger partial charge in [0.2, 0.25) is 0 Å². The van der Waals surface area contributed by atoms with Crippen molar-refractivity contribution in [1.29, 1.82) is 0 Å². The molecule has 0 aliphatic carbocycles. The van der Waals surface area contributed by atoms with Crippen molar-refractivity contribution in [2.45, 2.75) is 25.5 Å². The lowest BCUT2D eigenvalue weighted by atomic mass is 9.95. The molecule has 1 heterocycles. The van der Waals surface area contributed by atoms with Crippen LogP contribution in [0.1, 0.15) is 11.1 Å². The van der Waals surface area contributed by atoms with Crippen LogP contribution < -0.4 is 24.4 Å². The number of hydrogen-bond donors (Lipinski definition) is 1. The lowest BCUT2D eigenvalue weighted by molar-refractivity contribution is -0.134. The van der Waals surface area contributed by atoms with Gasteiger partial charge in [0, 0.05) is 17.3 Å². The van der Waals surface area contributed by atoms with Crippen LogP contribution in [0.15, 0.2) is 66.7 Å². The summed E-state index contributed by atoms with van der Waals surface area (Å²) in [6, 6.07) is 20.8. The van der Waals surface area contributed by atoms with Crippen molar-refractivity contribution in [3.63, 3.8) is 0 Å². The Balaban J connectivity index is 1.43. The number of nitrogens with one attached hydrogen (secondary N) is 1. The molecule has 3 aromatic carbocycles. The highest BCUT2D eigenvalue weighted by molar-refractivity contribution is 6.30. The van der Waals surface area contributed by atoms with Crippen LogP contribution in [-0.4, -0.2) is 45.4 Å². The van der Waals surface area contributed by atoms with Crippen molar-refractivity contribution in [3.05, 3.63) is 82.9 Å². The number of nitrogens with zero attached hydrogens (tertiary/aromatic N) is 1. The predicted molar refractivity (Wildman–Crippen MR) is 134 cm³/mol. The van der Waals surface area contributed by atoms with Gasteiger partial charge >= 0.3 is 0 Å². The Kier molecular flexibility index (Phi) is 7.60. The molecule has 3 aromatic rings. The lowest BCUT2D eigenvalue weighted by Crippen LogP contribution is -2.70. The van der Waals surface area contributed by atoms with Crippen molar-refractivity contribution in [1.82, 2.24) is 5.32 Å². The Morgan fingerprint density at radius 2 is 1.71 bits per heavy atom. The summed E-state index contributed by atoms with van der Waals surface area (Å²) in [5.41, 5.74) is 3.10. The zero-order valence-corrected chi connectivity index (χ0v) is 20.3. The summed E-state index contributed by atoms with van der Waals surface area (Å²) >= 11 is 5.99. The van der Waals surface area contributed by atoms with Crippen molar-refractivity contribution in [2.24, 2.45) is 0 Å². The van der Waals surface area contributed by atoms with Crippen LogP contribution in [0.25, 0.3) is 0 Å². The Bertz CT molecular complexity index is 1140. The number of ether oxygens (including phenoxy) is 3. The third-order valence-electron chi connectivity index (χ3n) is 6.01. The molecule has 1 aliphatic rings. The summed E-state index contributed by atoms with van der Waals surface area (Å²) in [5.74, 6) is 2.01. The minimum Gasteiger partial charge on any atom is -0.493 e. The van der Waals surface area contributed by atoms with E-state index in [0.717, 1.165) is 29.8 Å². The van der Waals surface area contributed by atoms with E-state index in [1.807, 2.05) is 54.3 Å². The summed E-state index contributed by atoms with van der Waals surface area (Å²) in [6.45, 7) is 3.36. The van der Waals surface area contributed by atoms with Crippen molar-refractivity contribution in [3.8, 4) is 17.2 Å². The van der Waals surface area contributed by atoms with Crippen LogP contribution >= 0.6 is 11.6 Å². The van der Waals surface area contributed by atoms with E-state index in [0.29, 0.717) is 28.8 Å². The number of rotatable bonds is 10. The number of benzene rings is 3. The molecular formula is C27H29ClN2O4. The first kappa shape index (κ1) is 23.9. The van der Waals surface area contributed by atoms with Gasteiger partial charge < -0.3 is 24.4 Å². The molecule has 1 aliphatic heterocycles. The molecule has 0 aromatic heterocycles. The number of amides is 1. The molecule has 178 valence electrons. The van der Waals surface area contributed by atoms with Crippen molar-refractivity contribution in [2.75, 3.05) is 32.2 Å². The van der Waals surface area contributed by atoms with Gasteiger partial charge in [-0.15, -0.1) is 0 Å². The zero-order valence-electron chi connectivity index (χ0n) is 19.6. The summed E-state index contributed by atoms with van der Waals surface area (Å²) in [5, 5.41) is 4.13. The van der Waals surface area contributed by atoms with E-state index >= 15 is 0 Å². The molecule has 2 atom stereocenters. The molecule has 1 saturated heterocycles. The second kappa shape index (κ2) is 10.8. The van der Waals surface area contributed by atoms with E-state index in [1.165, 1.54) is 0 Å². The van der Waals surface area contributed by atoms with Crippen LogP contribution in [0.4, 0.5) is 5.69 Å². The normalized spacial score (nSPS) is 17.3. The molecule has 1 N–H and O–H groups in total. The Morgan fingerprint density at radius 1 is 0.971 bits per heavy atom. The van der Waals surface area contributed by atoms with Crippen molar-refractivity contribution < 1.29 is 19.0 Å². The molecule has 34 heavy (non-hydrogen) atoms. The first-order valence-electron chi connectivity index (χ1n) is 11.2. The number of para-hydroxylation sites is 1. The average Bonchev–Trinajstić information content (AvgIpc) is 2.86. The monoisotopic (exact) mass is 480 g/mol. The molecule has 0 spiro atoms. The average molecular weight is 481 g/mol. The zero-order chi connectivity index (χ0) is 24.1. The van der Waals surface area contributed by atoms with Gasteiger partial charge in [-0.25, -0.2) is 0 Å². The van der Waals surface area contributed by atoms with Gasteiger partial charge in [0.05, 0.1) is 20.3 Å². The summed E-state index contributed by atoms with van der Waals surface area (Å²) in [6.07, 6.45) is 0.253. The highest BCUT2D eigenvalue weighted by Gasteiger charge is 2.50. The second-order valence-electron chi connectivity index (χ2n) is 8.20. The second-order valence-corrected chi connectivity index (χ2v) is 8.63. The van der Waals surface area contributed by atoms with Gasteiger partial charge in [-0.1, -0.05) is 35.9 Å². The molecule has 0 radical (unpaired) electrons. The fourth-order valence-electron chi connectivity index (χ4n) is 4.16. The molecule has 4 rings (SSSR count). The number of hydrogen-bond acceptors (Lipinski definition) is 5. The van der Waals surface area contributed by atoms with Gasteiger partial charge in [-0.3, -0.25) is 4.79 Å². The number of carbonyl (C=O) groups is 1. The Hall–Kier alpha value is -3.22. The van der Waals surface area contributed by atoms with E-state index < -0.39 is 6.10 Å². The number of β-lactam (4-membered cyclic amide) rings is 1. The van der Waals surface area contributed by atoms with Crippen LogP contribution in [0, 0.1) is 6.92 Å². The van der Waals surface area contributed by atoms with E-state index in [2.05, 4.69) is 5.32 Å². The highest BCUT2D eigenvalue weighted by Crippen LogP contribution is 2.33. The molecule has 1 amide bonds. The molecular weight excluding hydrogens is 452 g/mol. The third-order valence-corrected chi connectivity index (χ3v) is 6.26. The molecule has 7 heteroatoms. The number of aryl methyl sites for hydroxylation is 1. The van der Waals surface area contributed by atoms with Crippen LogP contribution in [0.2, 0.25) is 5.02 Å². The van der Waals surface area contributed by atoms with Gasteiger partial charge in [-0.2, -0.15) is 0 Å². The standard InChI is InChI=1S/C27H29ClN2O4/c1-18-6-4-5-7-22(18)30-23(26(27(30)31)34-21-11-9-20(28)10-12-21)17-29-15-14-19-8-13-24(32-2)25(16-19)33-3/h4-13,16,23,26,29H,14-15,17H2,1-3H3/t23-,26+/m0/s1. The van der Waals surface area contributed by atoms with E-state index in [4.69, 9.17) is 25.8 Å². The minimum atomic E-state index is -0.561. The Labute approximate surface area is 205 Å². The van der Waals surface area contributed by atoms with Gasteiger partial charge in [0.1, 0.15) is 5.75 Å². The topological polar surface area (TPSA) is 60.0 Å². The summed E-state index contributed by atoms with van der Waals surface area (Å²) in [4.78, 5) is 14.9. The number of halogens is 1. The molecule has 6 nitrogen and oxygen atoms in total. The van der Waals surface area contributed by atoms with Crippen LogP contribution in [0.5, 0.6) is 17.2 Å². The smallest absolute Gasteiger partial charge is 0.270 e. The molecule has 0 bridgehead atoms.